The van der Waals surface area contributed by atoms with Gasteiger partial charge in [0.1, 0.15) is 5.75 Å². The smallest absolute Gasteiger partial charge is 0.123 e. The third-order valence-corrected chi connectivity index (χ3v) is 5.20. The molecule has 1 aromatic carbocycles. The molecule has 19 heavy (non-hydrogen) atoms. The Morgan fingerprint density at radius 3 is 2.68 bits per heavy atom. The molecule has 104 valence electrons. The lowest BCUT2D eigenvalue weighted by Crippen LogP contribution is -2.28. The molecule has 2 aliphatic rings. The van der Waals surface area contributed by atoms with E-state index in [4.69, 9.17) is 4.74 Å². The molecule has 3 rings (SSSR count). The van der Waals surface area contributed by atoms with E-state index in [2.05, 4.69) is 46.4 Å². The molecule has 1 N–H and O–H groups in total. The minimum atomic E-state index is 0.435. The Labute approximate surface area is 124 Å². The molecule has 2 aliphatic carbocycles. The second-order valence-electron chi connectivity index (χ2n) is 5.91. The largest absolute Gasteiger partial charge is 0.496 e. The fourth-order valence-corrected chi connectivity index (χ4v) is 4.11. The van der Waals surface area contributed by atoms with Crippen molar-refractivity contribution < 1.29 is 4.74 Å². The summed E-state index contributed by atoms with van der Waals surface area (Å²) in [6.07, 6.45) is 4.25. The first-order valence-electron chi connectivity index (χ1n) is 7.29. The Morgan fingerprint density at radius 2 is 2.05 bits per heavy atom. The van der Waals surface area contributed by atoms with Crippen LogP contribution in [0.4, 0.5) is 0 Å². The van der Waals surface area contributed by atoms with Gasteiger partial charge in [-0.15, -0.1) is 0 Å². The zero-order valence-corrected chi connectivity index (χ0v) is 13.2. The molecule has 0 aromatic heterocycles. The van der Waals surface area contributed by atoms with Gasteiger partial charge in [-0.05, 0) is 61.8 Å². The highest BCUT2D eigenvalue weighted by Gasteiger charge is 2.48. The number of benzene rings is 1. The van der Waals surface area contributed by atoms with Crippen LogP contribution in [0.5, 0.6) is 5.75 Å². The van der Waals surface area contributed by atoms with E-state index in [9.17, 15) is 0 Å². The van der Waals surface area contributed by atoms with Gasteiger partial charge in [-0.3, -0.25) is 0 Å². The molecular formula is C16H22BrNO. The summed E-state index contributed by atoms with van der Waals surface area (Å²) in [5.74, 6) is 3.82. The van der Waals surface area contributed by atoms with Gasteiger partial charge in [0.15, 0.2) is 0 Å². The van der Waals surface area contributed by atoms with E-state index in [0.717, 1.165) is 34.5 Å². The van der Waals surface area contributed by atoms with Crippen LogP contribution in [0.15, 0.2) is 22.7 Å². The van der Waals surface area contributed by atoms with Crippen molar-refractivity contribution >= 4 is 15.9 Å². The Bertz CT molecular complexity index is 452. The third kappa shape index (κ3) is 2.68. The fourth-order valence-electron chi connectivity index (χ4n) is 3.73. The van der Waals surface area contributed by atoms with Crippen LogP contribution < -0.4 is 10.1 Å². The zero-order valence-electron chi connectivity index (χ0n) is 11.7. The molecule has 0 radical (unpaired) electrons. The lowest BCUT2D eigenvalue weighted by atomic mass is 9.88. The van der Waals surface area contributed by atoms with Crippen LogP contribution in [0.3, 0.4) is 0 Å². The van der Waals surface area contributed by atoms with Crippen LogP contribution in [0.1, 0.15) is 37.8 Å². The van der Waals surface area contributed by atoms with Gasteiger partial charge in [0.2, 0.25) is 0 Å². The molecule has 1 aromatic rings. The minimum absolute atomic E-state index is 0.435. The topological polar surface area (TPSA) is 21.3 Å². The molecule has 3 heteroatoms. The Morgan fingerprint density at radius 1 is 1.32 bits per heavy atom. The number of hydrogen-bond acceptors (Lipinski definition) is 2. The normalized spacial score (nSPS) is 29.9. The van der Waals surface area contributed by atoms with E-state index in [0.29, 0.717) is 6.04 Å². The van der Waals surface area contributed by atoms with Crippen molar-refractivity contribution in [3.05, 3.63) is 28.2 Å². The van der Waals surface area contributed by atoms with E-state index in [1.165, 1.54) is 24.8 Å². The van der Waals surface area contributed by atoms with Gasteiger partial charge in [-0.2, -0.15) is 0 Å². The van der Waals surface area contributed by atoms with Gasteiger partial charge in [-0.1, -0.05) is 22.9 Å². The predicted molar refractivity (Wildman–Crippen MR) is 81.4 cm³/mol. The predicted octanol–water partition coefficient (Wildman–Crippen LogP) is 4.15. The number of methoxy groups -OCH3 is 1. The van der Waals surface area contributed by atoms with E-state index >= 15 is 0 Å². The third-order valence-electron chi connectivity index (χ3n) is 4.70. The molecule has 3 unspecified atom stereocenters. The first kappa shape index (κ1) is 13.4. The number of rotatable bonds is 5. The number of hydrogen-bond donors (Lipinski definition) is 1. The summed E-state index contributed by atoms with van der Waals surface area (Å²) < 4.78 is 6.70. The molecule has 0 bridgehead atoms. The van der Waals surface area contributed by atoms with Gasteiger partial charge in [0.25, 0.3) is 0 Å². The summed E-state index contributed by atoms with van der Waals surface area (Å²) in [6, 6.07) is 6.78. The lowest BCUT2D eigenvalue weighted by Gasteiger charge is -2.27. The van der Waals surface area contributed by atoms with E-state index in [1.807, 2.05) is 0 Å². The molecule has 2 nitrogen and oxygen atoms in total. The molecule has 0 heterocycles. The van der Waals surface area contributed by atoms with Crippen molar-refractivity contribution in [2.75, 3.05) is 13.7 Å². The van der Waals surface area contributed by atoms with Crippen LogP contribution in [0.25, 0.3) is 0 Å². The average molecular weight is 324 g/mol. The molecule has 3 atom stereocenters. The van der Waals surface area contributed by atoms with Crippen molar-refractivity contribution in [2.24, 2.45) is 17.8 Å². The van der Waals surface area contributed by atoms with Crippen LogP contribution in [0, 0.1) is 17.8 Å². The fraction of sp³-hybridized carbons (Fsp3) is 0.625. The molecule has 2 saturated carbocycles. The molecule has 0 spiro atoms. The van der Waals surface area contributed by atoms with Crippen molar-refractivity contribution in [3.8, 4) is 5.75 Å². The van der Waals surface area contributed by atoms with E-state index in [1.54, 1.807) is 7.11 Å². The SMILES string of the molecule is CCNC(c1cc(Br)ccc1OC)C1CC2CC2C1. The molecular weight excluding hydrogens is 302 g/mol. The summed E-state index contributed by atoms with van der Waals surface area (Å²) in [7, 11) is 1.77. The van der Waals surface area contributed by atoms with Crippen molar-refractivity contribution in [2.45, 2.75) is 32.2 Å². The van der Waals surface area contributed by atoms with Crippen molar-refractivity contribution in [3.63, 3.8) is 0 Å². The first-order valence-corrected chi connectivity index (χ1v) is 8.09. The highest BCUT2D eigenvalue weighted by atomic mass is 79.9. The maximum atomic E-state index is 5.56. The number of halogens is 1. The second kappa shape index (κ2) is 5.45. The van der Waals surface area contributed by atoms with Gasteiger partial charge in [0.05, 0.1) is 7.11 Å². The van der Waals surface area contributed by atoms with Gasteiger partial charge < -0.3 is 10.1 Å². The first-order chi connectivity index (χ1) is 9.22. The van der Waals surface area contributed by atoms with Gasteiger partial charge in [0, 0.05) is 16.1 Å². The van der Waals surface area contributed by atoms with Gasteiger partial charge in [-0.25, -0.2) is 0 Å². The molecule has 0 amide bonds. The maximum absolute atomic E-state index is 5.56. The summed E-state index contributed by atoms with van der Waals surface area (Å²) in [5, 5.41) is 3.68. The lowest BCUT2D eigenvalue weighted by molar-refractivity contribution is 0.330. The minimum Gasteiger partial charge on any atom is -0.496 e. The number of nitrogens with one attached hydrogen (secondary N) is 1. The van der Waals surface area contributed by atoms with Crippen LogP contribution >= 0.6 is 15.9 Å². The summed E-state index contributed by atoms with van der Waals surface area (Å²) in [6.45, 7) is 3.19. The standard InChI is InChI=1S/C16H22BrNO/c1-3-18-16(12-7-10-6-11(10)8-12)14-9-13(17)4-5-15(14)19-2/h4-5,9-12,16,18H,3,6-8H2,1-2H3. The maximum Gasteiger partial charge on any atom is 0.123 e. The molecule has 0 aliphatic heterocycles. The highest BCUT2D eigenvalue weighted by molar-refractivity contribution is 9.10. The highest BCUT2D eigenvalue weighted by Crippen LogP contribution is 2.57. The Balaban J connectivity index is 1.88. The second-order valence-corrected chi connectivity index (χ2v) is 6.82. The number of ether oxygens (including phenoxy) is 1. The summed E-state index contributed by atoms with van der Waals surface area (Å²) >= 11 is 3.59. The van der Waals surface area contributed by atoms with Crippen molar-refractivity contribution in [1.82, 2.24) is 5.32 Å². The Hall–Kier alpha value is -0.540. The van der Waals surface area contributed by atoms with Gasteiger partial charge >= 0.3 is 0 Å². The quantitative estimate of drug-likeness (QED) is 0.878. The van der Waals surface area contributed by atoms with Crippen LogP contribution in [-0.2, 0) is 0 Å². The van der Waals surface area contributed by atoms with Crippen molar-refractivity contribution in [1.29, 1.82) is 0 Å². The van der Waals surface area contributed by atoms with E-state index < -0.39 is 0 Å². The Kier molecular flexibility index (Phi) is 3.86. The van der Waals surface area contributed by atoms with Crippen LogP contribution in [0.2, 0.25) is 0 Å². The van der Waals surface area contributed by atoms with E-state index in [-0.39, 0.29) is 0 Å². The van der Waals surface area contributed by atoms with Crippen LogP contribution in [-0.4, -0.2) is 13.7 Å². The summed E-state index contributed by atoms with van der Waals surface area (Å²) in [4.78, 5) is 0. The average Bonchev–Trinajstić information content (AvgIpc) is 3.02. The number of fused-ring (bicyclic) bond motifs is 1. The molecule has 2 fully saturated rings. The zero-order chi connectivity index (χ0) is 13.4. The monoisotopic (exact) mass is 323 g/mol. The molecule has 0 saturated heterocycles. The summed E-state index contributed by atoms with van der Waals surface area (Å²) in [5.41, 5.74) is 1.31.